The monoisotopic (exact) mass is 557 g/mol. The molecular formula is C31H35N5O5. The molecule has 0 bridgehead atoms. The van der Waals surface area contributed by atoms with Gasteiger partial charge in [0.2, 0.25) is 17.7 Å². The number of carbonyl (C=O) groups is 3. The van der Waals surface area contributed by atoms with E-state index >= 15 is 0 Å². The number of para-hydroxylation sites is 1. The minimum absolute atomic E-state index is 0.122. The van der Waals surface area contributed by atoms with Crippen LogP contribution < -0.4 is 25.0 Å². The Bertz CT molecular complexity index is 1340. The number of hydrogen-bond acceptors (Lipinski definition) is 7. The molecular weight excluding hydrogens is 522 g/mol. The van der Waals surface area contributed by atoms with Crippen LogP contribution in [0, 0.1) is 0 Å². The number of amides is 3. The topological polar surface area (TPSA) is 103 Å². The third kappa shape index (κ3) is 7.34. The van der Waals surface area contributed by atoms with E-state index in [-0.39, 0.29) is 30.7 Å². The van der Waals surface area contributed by atoms with Gasteiger partial charge in [-0.15, -0.1) is 0 Å². The first kappa shape index (κ1) is 28.0. The molecule has 5 rings (SSSR count). The Hall–Kier alpha value is -4.57. The molecule has 41 heavy (non-hydrogen) atoms. The van der Waals surface area contributed by atoms with Gasteiger partial charge < -0.3 is 29.9 Å². The molecule has 2 aliphatic rings. The highest BCUT2D eigenvalue weighted by molar-refractivity contribution is 5.97. The van der Waals surface area contributed by atoms with Crippen LogP contribution in [-0.2, 0) is 14.4 Å². The van der Waals surface area contributed by atoms with Gasteiger partial charge in [0.15, 0.2) is 0 Å². The summed E-state index contributed by atoms with van der Waals surface area (Å²) in [6.07, 6.45) is -0.122. The van der Waals surface area contributed by atoms with Crippen LogP contribution in [-0.4, -0.2) is 86.5 Å². The van der Waals surface area contributed by atoms with Crippen LogP contribution in [0.4, 0.5) is 11.4 Å². The van der Waals surface area contributed by atoms with Crippen molar-refractivity contribution in [3.8, 4) is 17.2 Å². The van der Waals surface area contributed by atoms with Gasteiger partial charge in [-0.3, -0.25) is 19.3 Å². The summed E-state index contributed by atoms with van der Waals surface area (Å²) in [6.45, 7) is 3.95. The van der Waals surface area contributed by atoms with E-state index in [1.54, 1.807) is 36.3 Å². The van der Waals surface area contributed by atoms with Crippen molar-refractivity contribution < 1.29 is 23.9 Å². The van der Waals surface area contributed by atoms with Crippen LogP contribution in [0.2, 0.25) is 0 Å². The highest BCUT2D eigenvalue weighted by Crippen LogP contribution is 2.24. The van der Waals surface area contributed by atoms with Gasteiger partial charge in [-0.05, 0) is 48.5 Å². The van der Waals surface area contributed by atoms with Crippen LogP contribution in [0.1, 0.15) is 6.42 Å². The summed E-state index contributed by atoms with van der Waals surface area (Å²) in [6, 6.07) is 23.5. The maximum atomic E-state index is 13.3. The number of methoxy groups -OCH3 is 1. The molecule has 0 radical (unpaired) electrons. The zero-order valence-corrected chi connectivity index (χ0v) is 23.1. The van der Waals surface area contributed by atoms with E-state index in [4.69, 9.17) is 9.47 Å². The summed E-state index contributed by atoms with van der Waals surface area (Å²) in [5, 5.41) is 5.63. The van der Waals surface area contributed by atoms with Crippen LogP contribution in [0.25, 0.3) is 0 Å². The van der Waals surface area contributed by atoms with Crippen LogP contribution in [0.3, 0.4) is 0 Å². The fourth-order valence-electron chi connectivity index (χ4n) is 5.09. The molecule has 3 aromatic carbocycles. The third-order valence-corrected chi connectivity index (χ3v) is 7.30. The quantitative estimate of drug-likeness (QED) is 0.417. The standard InChI is InChI=1S/C31H35N5O5/c1-40-27-9-5-6-24(20-27)35-18-16-34(17-19-35)22-30(38)36-15-14-32-31(39)28(36)21-29(37)33-23-10-12-26(13-11-23)41-25-7-3-2-4-8-25/h2-13,20,28H,14-19,21-22H2,1H3,(H,32,39)(H,33,37). The zero-order chi connectivity index (χ0) is 28.6. The Morgan fingerprint density at radius 3 is 2.32 bits per heavy atom. The SMILES string of the molecule is COc1cccc(N2CCN(CC(=O)N3CCNC(=O)C3CC(=O)Nc3ccc(Oc4ccccc4)cc3)CC2)c1. The van der Waals surface area contributed by atoms with E-state index < -0.39 is 6.04 Å². The molecule has 2 aliphatic heterocycles. The van der Waals surface area contributed by atoms with E-state index in [2.05, 4.69) is 26.5 Å². The first-order valence-electron chi connectivity index (χ1n) is 13.8. The van der Waals surface area contributed by atoms with Crippen LogP contribution in [0.15, 0.2) is 78.9 Å². The molecule has 0 saturated carbocycles. The molecule has 0 aliphatic carbocycles. The number of hydrogen-bond donors (Lipinski definition) is 2. The van der Waals surface area contributed by atoms with E-state index in [9.17, 15) is 14.4 Å². The molecule has 2 fully saturated rings. The molecule has 3 amide bonds. The van der Waals surface area contributed by atoms with E-state index in [0.717, 1.165) is 43.4 Å². The molecule has 0 spiro atoms. The average Bonchev–Trinajstić information content (AvgIpc) is 3.00. The van der Waals surface area contributed by atoms with Gasteiger partial charge in [-0.1, -0.05) is 24.3 Å². The second-order valence-corrected chi connectivity index (χ2v) is 10.1. The molecule has 3 aromatic rings. The number of nitrogens with one attached hydrogen (secondary N) is 2. The van der Waals surface area contributed by atoms with Crippen molar-refractivity contribution in [3.63, 3.8) is 0 Å². The first-order chi connectivity index (χ1) is 20.0. The maximum Gasteiger partial charge on any atom is 0.243 e. The lowest BCUT2D eigenvalue weighted by Crippen LogP contribution is -2.60. The lowest BCUT2D eigenvalue weighted by molar-refractivity contribution is -0.145. The largest absolute Gasteiger partial charge is 0.497 e. The Kier molecular flexibility index (Phi) is 9.00. The summed E-state index contributed by atoms with van der Waals surface area (Å²) < 4.78 is 11.1. The lowest BCUT2D eigenvalue weighted by Gasteiger charge is -2.39. The van der Waals surface area contributed by atoms with Gasteiger partial charge in [-0.2, -0.15) is 0 Å². The summed E-state index contributed by atoms with van der Waals surface area (Å²) in [4.78, 5) is 44.8. The number of piperazine rings is 2. The molecule has 2 N–H and O–H groups in total. The van der Waals surface area contributed by atoms with Crippen molar-refractivity contribution in [1.82, 2.24) is 15.1 Å². The van der Waals surface area contributed by atoms with Gasteiger partial charge in [0.05, 0.1) is 20.1 Å². The number of benzene rings is 3. The van der Waals surface area contributed by atoms with E-state index in [1.807, 2.05) is 48.5 Å². The fourth-order valence-corrected chi connectivity index (χ4v) is 5.09. The van der Waals surface area contributed by atoms with Crippen molar-refractivity contribution in [3.05, 3.63) is 78.9 Å². The molecule has 10 heteroatoms. The van der Waals surface area contributed by atoms with Crippen molar-refractivity contribution in [2.75, 3.05) is 63.1 Å². The predicted octanol–water partition coefficient (Wildman–Crippen LogP) is 2.97. The number of anilines is 2. The van der Waals surface area contributed by atoms with Gasteiger partial charge >= 0.3 is 0 Å². The highest BCUT2D eigenvalue weighted by atomic mass is 16.5. The second-order valence-electron chi connectivity index (χ2n) is 10.1. The second kappa shape index (κ2) is 13.2. The molecule has 2 saturated heterocycles. The van der Waals surface area contributed by atoms with E-state index in [0.29, 0.717) is 24.5 Å². The number of nitrogens with zero attached hydrogens (tertiary/aromatic N) is 3. The average molecular weight is 558 g/mol. The minimum Gasteiger partial charge on any atom is -0.497 e. The van der Waals surface area contributed by atoms with Gasteiger partial charge in [0.25, 0.3) is 0 Å². The Morgan fingerprint density at radius 1 is 0.878 bits per heavy atom. The lowest BCUT2D eigenvalue weighted by atomic mass is 10.1. The molecule has 2 heterocycles. The van der Waals surface area contributed by atoms with Crippen LogP contribution in [0.5, 0.6) is 17.2 Å². The highest BCUT2D eigenvalue weighted by Gasteiger charge is 2.35. The summed E-state index contributed by atoms with van der Waals surface area (Å²) in [7, 11) is 1.65. The van der Waals surface area contributed by atoms with Crippen molar-refractivity contribution >= 4 is 29.1 Å². The minimum atomic E-state index is -0.852. The molecule has 1 atom stereocenters. The van der Waals surface area contributed by atoms with Crippen molar-refractivity contribution in [2.24, 2.45) is 0 Å². The Balaban J connectivity index is 1.13. The zero-order valence-electron chi connectivity index (χ0n) is 23.1. The van der Waals surface area contributed by atoms with Crippen molar-refractivity contribution in [1.29, 1.82) is 0 Å². The predicted molar refractivity (Wildman–Crippen MR) is 156 cm³/mol. The number of ether oxygens (including phenoxy) is 2. The number of carbonyl (C=O) groups excluding carboxylic acids is 3. The molecule has 0 aromatic heterocycles. The third-order valence-electron chi connectivity index (χ3n) is 7.30. The van der Waals surface area contributed by atoms with Gasteiger partial charge in [0, 0.05) is 56.7 Å². The van der Waals surface area contributed by atoms with Gasteiger partial charge in [0.1, 0.15) is 23.3 Å². The van der Waals surface area contributed by atoms with Crippen molar-refractivity contribution in [2.45, 2.75) is 12.5 Å². The summed E-state index contributed by atoms with van der Waals surface area (Å²) in [5.74, 6) is 1.38. The first-order valence-corrected chi connectivity index (χ1v) is 13.8. The molecule has 214 valence electrons. The summed E-state index contributed by atoms with van der Waals surface area (Å²) in [5.41, 5.74) is 1.67. The molecule has 1 unspecified atom stereocenters. The Labute approximate surface area is 239 Å². The summed E-state index contributed by atoms with van der Waals surface area (Å²) >= 11 is 0. The molecule has 10 nitrogen and oxygen atoms in total. The van der Waals surface area contributed by atoms with Gasteiger partial charge in [-0.25, -0.2) is 0 Å². The Morgan fingerprint density at radius 2 is 1.59 bits per heavy atom. The fraction of sp³-hybridized carbons (Fsp3) is 0.323. The maximum absolute atomic E-state index is 13.3. The normalized spacial score (nSPS) is 17.5. The van der Waals surface area contributed by atoms with Crippen LogP contribution >= 0.6 is 0 Å². The number of rotatable bonds is 9. The smallest absolute Gasteiger partial charge is 0.243 e. The van der Waals surface area contributed by atoms with E-state index in [1.165, 1.54) is 0 Å².